The van der Waals surface area contributed by atoms with Gasteiger partial charge in [0.25, 0.3) is 5.91 Å². The Kier molecular flexibility index (Phi) is 3.39. The smallest absolute Gasteiger partial charge is 0.271 e. The van der Waals surface area contributed by atoms with Crippen molar-refractivity contribution in [1.82, 2.24) is 14.9 Å². The molecule has 5 nitrogen and oxygen atoms in total. The fourth-order valence-electron chi connectivity index (χ4n) is 1.55. The molecule has 0 atom stereocenters. The predicted octanol–water partition coefficient (Wildman–Crippen LogP) is 1.22. The molecule has 1 amide bonds. The van der Waals surface area contributed by atoms with Crippen molar-refractivity contribution in [3.8, 4) is 6.07 Å². The van der Waals surface area contributed by atoms with Crippen LogP contribution < -0.4 is 5.32 Å². The van der Waals surface area contributed by atoms with Crippen LogP contribution in [0.5, 0.6) is 0 Å². The van der Waals surface area contributed by atoms with E-state index in [1.54, 1.807) is 42.3 Å². The predicted molar refractivity (Wildman–Crippen MR) is 65.5 cm³/mol. The van der Waals surface area contributed by atoms with Crippen molar-refractivity contribution in [2.75, 3.05) is 0 Å². The molecule has 0 radical (unpaired) electrons. The zero-order chi connectivity index (χ0) is 13.0. The normalized spacial score (nSPS) is 9.78. The van der Waals surface area contributed by atoms with E-state index in [4.69, 9.17) is 5.26 Å². The largest absolute Gasteiger partial charge is 0.347 e. The molecule has 0 aliphatic carbocycles. The van der Waals surface area contributed by atoms with E-state index >= 15 is 0 Å². The minimum Gasteiger partial charge on any atom is -0.347 e. The summed E-state index contributed by atoms with van der Waals surface area (Å²) in [5, 5.41) is 11.5. The van der Waals surface area contributed by atoms with Gasteiger partial charge in [-0.25, -0.2) is 4.98 Å². The Hall–Kier alpha value is -2.61. The van der Waals surface area contributed by atoms with Gasteiger partial charge < -0.3 is 9.88 Å². The van der Waals surface area contributed by atoms with Crippen LogP contribution >= 0.6 is 0 Å². The summed E-state index contributed by atoms with van der Waals surface area (Å²) < 4.78 is 1.71. The van der Waals surface area contributed by atoms with Crippen LogP contribution in [0, 0.1) is 11.3 Å². The lowest BCUT2D eigenvalue weighted by Crippen LogP contribution is -2.23. The van der Waals surface area contributed by atoms with Gasteiger partial charge in [0.2, 0.25) is 0 Å². The molecule has 0 aliphatic rings. The number of rotatable bonds is 3. The first kappa shape index (κ1) is 11.9. The van der Waals surface area contributed by atoms with Crippen LogP contribution in [0.3, 0.4) is 0 Å². The number of aryl methyl sites for hydroxylation is 1. The van der Waals surface area contributed by atoms with Gasteiger partial charge in [-0.3, -0.25) is 4.79 Å². The number of imidazole rings is 1. The monoisotopic (exact) mass is 240 g/mol. The maximum absolute atomic E-state index is 11.7. The molecule has 0 fully saturated rings. The first-order valence-electron chi connectivity index (χ1n) is 5.44. The number of nitrogens with one attached hydrogen (secondary N) is 1. The third-order valence-electron chi connectivity index (χ3n) is 2.45. The lowest BCUT2D eigenvalue weighted by atomic mass is 10.1. The standard InChI is InChI=1S/C13H12N4O/c1-17-8-12(16-9-17)13(18)15-7-11-4-2-3-10(5-11)6-14/h2-5,8-9H,7H2,1H3,(H,15,18). The fourth-order valence-corrected chi connectivity index (χ4v) is 1.55. The molecule has 2 aromatic rings. The Morgan fingerprint density at radius 3 is 3.06 bits per heavy atom. The van der Waals surface area contributed by atoms with Crippen LogP contribution in [0.15, 0.2) is 36.8 Å². The Bertz CT molecular complexity index is 609. The van der Waals surface area contributed by atoms with Gasteiger partial charge in [-0.15, -0.1) is 0 Å². The van der Waals surface area contributed by atoms with Crippen molar-refractivity contribution in [2.45, 2.75) is 6.54 Å². The van der Waals surface area contributed by atoms with Gasteiger partial charge in [-0.1, -0.05) is 12.1 Å². The summed E-state index contributed by atoms with van der Waals surface area (Å²) in [4.78, 5) is 15.7. The maximum atomic E-state index is 11.7. The van der Waals surface area contributed by atoms with Crippen LogP contribution in [0.4, 0.5) is 0 Å². The zero-order valence-electron chi connectivity index (χ0n) is 9.92. The number of carbonyl (C=O) groups excluding carboxylic acids is 1. The molecule has 2 rings (SSSR count). The minimum atomic E-state index is -0.224. The number of amides is 1. The third kappa shape index (κ3) is 2.74. The molecule has 1 heterocycles. The Morgan fingerprint density at radius 1 is 1.56 bits per heavy atom. The van der Waals surface area contributed by atoms with E-state index in [0.29, 0.717) is 17.8 Å². The summed E-state index contributed by atoms with van der Waals surface area (Å²) in [6.45, 7) is 0.380. The topological polar surface area (TPSA) is 70.7 Å². The van der Waals surface area contributed by atoms with Gasteiger partial charge in [-0.2, -0.15) is 5.26 Å². The number of carbonyl (C=O) groups is 1. The molecule has 18 heavy (non-hydrogen) atoms. The summed E-state index contributed by atoms with van der Waals surface area (Å²) >= 11 is 0. The van der Waals surface area contributed by atoms with Crippen molar-refractivity contribution in [2.24, 2.45) is 7.05 Å². The summed E-state index contributed by atoms with van der Waals surface area (Å²) in [6, 6.07) is 9.19. The summed E-state index contributed by atoms with van der Waals surface area (Å²) in [7, 11) is 1.81. The SMILES string of the molecule is Cn1cnc(C(=O)NCc2cccc(C#N)c2)c1. The third-order valence-corrected chi connectivity index (χ3v) is 2.45. The van der Waals surface area contributed by atoms with Crippen molar-refractivity contribution in [1.29, 1.82) is 5.26 Å². The molecular formula is C13H12N4O. The van der Waals surface area contributed by atoms with Crippen LogP contribution in [0.2, 0.25) is 0 Å². The Labute approximate surface area is 105 Å². The maximum Gasteiger partial charge on any atom is 0.271 e. The van der Waals surface area contributed by atoms with Gasteiger partial charge in [0.15, 0.2) is 0 Å². The molecule has 5 heteroatoms. The van der Waals surface area contributed by atoms with Crippen molar-refractivity contribution in [3.05, 3.63) is 53.6 Å². The minimum absolute atomic E-state index is 0.224. The van der Waals surface area contributed by atoms with Crippen LogP contribution in [0.1, 0.15) is 21.6 Å². The van der Waals surface area contributed by atoms with Crippen LogP contribution in [-0.4, -0.2) is 15.5 Å². The highest BCUT2D eigenvalue weighted by molar-refractivity contribution is 5.91. The average molecular weight is 240 g/mol. The molecule has 0 unspecified atom stereocenters. The second kappa shape index (κ2) is 5.15. The summed E-state index contributed by atoms with van der Waals surface area (Å²) in [5.41, 5.74) is 1.85. The lowest BCUT2D eigenvalue weighted by Gasteiger charge is -2.03. The van der Waals surface area contributed by atoms with Crippen LogP contribution in [0.25, 0.3) is 0 Å². The molecule has 1 N–H and O–H groups in total. The zero-order valence-corrected chi connectivity index (χ0v) is 9.92. The summed E-state index contributed by atoms with van der Waals surface area (Å²) in [5.74, 6) is -0.224. The molecule has 1 aromatic carbocycles. The van der Waals surface area contributed by atoms with E-state index in [-0.39, 0.29) is 5.91 Å². The molecule has 0 saturated carbocycles. The van der Waals surface area contributed by atoms with Gasteiger partial charge >= 0.3 is 0 Å². The van der Waals surface area contributed by atoms with E-state index < -0.39 is 0 Å². The number of hydrogen-bond donors (Lipinski definition) is 1. The van der Waals surface area contributed by atoms with E-state index in [2.05, 4.69) is 16.4 Å². The first-order chi connectivity index (χ1) is 8.69. The highest BCUT2D eigenvalue weighted by Gasteiger charge is 2.07. The van der Waals surface area contributed by atoms with Gasteiger partial charge in [0.1, 0.15) is 5.69 Å². The van der Waals surface area contributed by atoms with Crippen molar-refractivity contribution in [3.63, 3.8) is 0 Å². The van der Waals surface area contributed by atoms with Gasteiger partial charge in [0, 0.05) is 19.8 Å². The molecule has 1 aromatic heterocycles. The van der Waals surface area contributed by atoms with E-state index in [0.717, 1.165) is 5.56 Å². The van der Waals surface area contributed by atoms with E-state index in [1.807, 2.05) is 6.07 Å². The summed E-state index contributed by atoms with van der Waals surface area (Å²) in [6.07, 6.45) is 3.23. The molecule has 0 bridgehead atoms. The first-order valence-corrected chi connectivity index (χ1v) is 5.44. The second-order valence-electron chi connectivity index (χ2n) is 3.92. The molecular weight excluding hydrogens is 228 g/mol. The number of aromatic nitrogens is 2. The fraction of sp³-hybridized carbons (Fsp3) is 0.154. The van der Waals surface area contributed by atoms with Gasteiger partial charge in [0.05, 0.1) is 18.0 Å². The number of hydrogen-bond acceptors (Lipinski definition) is 3. The molecule has 0 spiro atoms. The van der Waals surface area contributed by atoms with E-state index in [9.17, 15) is 4.79 Å². The van der Waals surface area contributed by atoms with E-state index in [1.165, 1.54) is 0 Å². The van der Waals surface area contributed by atoms with Crippen LogP contribution in [-0.2, 0) is 13.6 Å². The Morgan fingerprint density at radius 2 is 2.39 bits per heavy atom. The number of nitrogens with zero attached hydrogens (tertiary/aromatic N) is 3. The Balaban J connectivity index is 1.99. The molecule has 90 valence electrons. The number of nitriles is 1. The number of benzene rings is 1. The quantitative estimate of drug-likeness (QED) is 0.876. The lowest BCUT2D eigenvalue weighted by molar-refractivity contribution is 0.0946. The van der Waals surface area contributed by atoms with Gasteiger partial charge in [-0.05, 0) is 17.7 Å². The second-order valence-corrected chi connectivity index (χ2v) is 3.92. The van der Waals surface area contributed by atoms with Crippen molar-refractivity contribution >= 4 is 5.91 Å². The van der Waals surface area contributed by atoms with Crippen molar-refractivity contribution < 1.29 is 4.79 Å². The molecule has 0 saturated heterocycles. The average Bonchev–Trinajstić information content (AvgIpc) is 2.83. The highest BCUT2D eigenvalue weighted by atomic mass is 16.1. The highest BCUT2D eigenvalue weighted by Crippen LogP contribution is 2.04. The molecule has 0 aliphatic heterocycles.